The molecule has 90 valence electrons. The zero-order chi connectivity index (χ0) is 12.3. The summed E-state index contributed by atoms with van der Waals surface area (Å²) in [7, 11) is 1.39. The lowest BCUT2D eigenvalue weighted by molar-refractivity contribution is -0.137. The molecule has 3 nitrogen and oxygen atoms in total. The average Bonchev–Trinajstić information content (AvgIpc) is 2.83. The second-order valence-corrected chi connectivity index (χ2v) is 3.99. The summed E-state index contributed by atoms with van der Waals surface area (Å²) in [5, 5.41) is 0. The third-order valence-electron chi connectivity index (χ3n) is 2.88. The molecule has 1 aromatic rings. The van der Waals surface area contributed by atoms with Gasteiger partial charge in [0.25, 0.3) is 0 Å². The Hall–Kier alpha value is -1.61. The van der Waals surface area contributed by atoms with E-state index < -0.39 is 0 Å². The summed E-state index contributed by atoms with van der Waals surface area (Å²) < 4.78 is 10.6. The predicted molar refractivity (Wildman–Crippen MR) is 64.4 cm³/mol. The molecule has 0 radical (unpaired) electrons. The van der Waals surface area contributed by atoms with E-state index in [2.05, 4.69) is 0 Å². The van der Waals surface area contributed by atoms with Gasteiger partial charge in [-0.2, -0.15) is 0 Å². The zero-order valence-corrected chi connectivity index (χ0v) is 10.1. The van der Waals surface area contributed by atoms with Crippen LogP contribution in [0.2, 0.25) is 0 Å². The van der Waals surface area contributed by atoms with Gasteiger partial charge in [-0.25, -0.2) is 4.79 Å². The highest BCUT2D eigenvalue weighted by atomic mass is 16.5. The van der Waals surface area contributed by atoms with Gasteiger partial charge in [0.05, 0.1) is 18.8 Å². The van der Waals surface area contributed by atoms with E-state index in [-0.39, 0.29) is 18.2 Å². The fourth-order valence-electron chi connectivity index (χ4n) is 1.97. The van der Waals surface area contributed by atoms with E-state index in [1.54, 1.807) is 0 Å². The quantitative estimate of drug-likeness (QED) is 0.751. The Kier molecular flexibility index (Phi) is 3.59. The van der Waals surface area contributed by atoms with Gasteiger partial charge in [0.2, 0.25) is 0 Å². The molecule has 0 saturated carbocycles. The van der Waals surface area contributed by atoms with Crippen LogP contribution in [-0.4, -0.2) is 19.2 Å². The SMILES string of the molecule is CC[C@H]1C=C(C(=O)OC)[C@@H](c2ccccc2)O1. The van der Waals surface area contributed by atoms with Crippen molar-refractivity contribution in [2.75, 3.05) is 7.11 Å². The first-order chi connectivity index (χ1) is 8.26. The number of rotatable bonds is 3. The molecule has 0 unspecified atom stereocenters. The number of methoxy groups -OCH3 is 1. The van der Waals surface area contributed by atoms with Gasteiger partial charge in [0.15, 0.2) is 0 Å². The van der Waals surface area contributed by atoms with Crippen molar-refractivity contribution in [3.05, 3.63) is 47.5 Å². The standard InChI is InChI=1S/C14H16O3/c1-3-11-9-12(14(15)16-2)13(17-11)10-7-5-4-6-8-10/h4-9,11,13H,3H2,1-2H3/t11-,13+/m0/s1. The summed E-state index contributed by atoms with van der Waals surface area (Å²) in [6.07, 6.45) is 2.41. The molecule has 0 amide bonds. The van der Waals surface area contributed by atoms with Crippen LogP contribution in [0.3, 0.4) is 0 Å². The van der Waals surface area contributed by atoms with Crippen molar-refractivity contribution in [1.29, 1.82) is 0 Å². The number of hydrogen-bond donors (Lipinski definition) is 0. The molecule has 0 aromatic heterocycles. The molecule has 1 heterocycles. The number of benzene rings is 1. The van der Waals surface area contributed by atoms with Crippen LogP contribution in [0.1, 0.15) is 25.0 Å². The van der Waals surface area contributed by atoms with Crippen LogP contribution in [0, 0.1) is 0 Å². The molecular weight excluding hydrogens is 216 g/mol. The number of hydrogen-bond acceptors (Lipinski definition) is 3. The van der Waals surface area contributed by atoms with E-state index in [1.165, 1.54) is 7.11 Å². The van der Waals surface area contributed by atoms with E-state index in [0.29, 0.717) is 5.57 Å². The first-order valence-corrected chi connectivity index (χ1v) is 5.76. The van der Waals surface area contributed by atoms with Crippen LogP contribution < -0.4 is 0 Å². The first-order valence-electron chi connectivity index (χ1n) is 5.76. The molecule has 2 rings (SSSR count). The molecule has 17 heavy (non-hydrogen) atoms. The lowest BCUT2D eigenvalue weighted by Gasteiger charge is -2.15. The lowest BCUT2D eigenvalue weighted by atomic mass is 10.0. The molecule has 0 fully saturated rings. The highest BCUT2D eigenvalue weighted by Crippen LogP contribution is 2.34. The fourth-order valence-corrected chi connectivity index (χ4v) is 1.97. The number of carbonyl (C=O) groups excluding carboxylic acids is 1. The van der Waals surface area contributed by atoms with Crippen LogP contribution >= 0.6 is 0 Å². The maximum atomic E-state index is 11.7. The van der Waals surface area contributed by atoms with E-state index >= 15 is 0 Å². The molecule has 3 heteroatoms. The maximum absolute atomic E-state index is 11.7. The Labute approximate surface area is 101 Å². The highest BCUT2D eigenvalue weighted by Gasteiger charge is 2.32. The second kappa shape index (κ2) is 5.15. The van der Waals surface area contributed by atoms with Crippen molar-refractivity contribution in [2.45, 2.75) is 25.6 Å². The normalized spacial score (nSPS) is 23.3. The summed E-state index contributed by atoms with van der Waals surface area (Å²) in [5.74, 6) is -0.310. The van der Waals surface area contributed by atoms with Crippen LogP contribution in [0.5, 0.6) is 0 Å². The predicted octanol–water partition coefficient (Wildman–Crippen LogP) is 2.64. The monoisotopic (exact) mass is 232 g/mol. The van der Waals surface area contributed by atoms with Crippen molar-refractivity contribution in [2.24, 2.45) is 0 Å². The Bertz CT molecular complexity index is 422. The van der Waals surface area contributed by atoms with Gasteiger partial charge in [-0.05, 0) is 18.1 Å². The Morgan fingerprint density at radius 3 is 2.65 bits per heavy atom. The molecule has 2 atom stereocenters. The smallest absolute Gasteiger partial charge is 0.336 e. The summed E-state index contributed by atoms with van der Waals surface area (Å²) in [4.78, 5) is 11.7. The maximum Gasteiger partial charge on any atom is 0.336 e. The number of ether oxygens (including phenoxy) is 2. The van der Waals surface area contributed by atoms with Gasteiger partial charge < -0.3 is 9.47 Å². The van der Waals surface area contributed by atoms with Gasteiger partial charge in [0, 0.05) is 0 Å². The Balaban J connectivity index is 2.29. The highest BCUT2D eigenvalue weighted by molar-refractivity contribution is 5.90. The van der Waals surface area contributed by atoms with Crippen LogP contribution in [0.15, 0.2) is 42.0 Å². The van der Waals surface area contributed by atoms with Crippen molar-refractivity contribution in [3.63, 3.8) is 0 Å². The molecule has 0 N–H and O–H groups in total. The fraction of sp³-hybridized carbons (Fsp3) is 0.357. The zero-order valence-electron chi connectivity index (χ0n) is 10.1. The van der Waals surface area contributed by atoms with Crippen LogP contribution in [0.4, 0.5) is 0 Å². The van der Waals surface area contributed by atoms with Gasteiger partial charge in [0.1, 0.15) is 6.10 Å². The molecular formula is C14H16O3. The van der Waals surface area contributed by atoms with Gasteiger partial charge in [-0.3, -0.25) is 0 Å². The van der Waals surface area contributed by atoms with Crippen molar-refractivity contribution >= 4 is 5.97 Å². The van der Waals surface area contributed by atoms with E-state index in [1.807, 2.05) is 43.3 Å². The van der Waals surface area contributed by atoms with Gasteiger partial charge >= 0.3 is 5.97 Å². The third-order valence-corrected chi connectivity index (χ3v) is 2.88. The second-order valence-electron chi connectivity index (χ2n) is 3.99. The minimum absolute atomic E-state index is 0.00527. The van der Waals surface area contributed by atoms with E-state index in [9.17, 15) is 4.79 Å². The minimum Gasteiger partial charge on any atom is -0.466 e. The van der Waals surface area contributed by atoms with Crippen LogP contribution in [-0.2, 0) is 14.3 Å². The van der Waals surface area contributed by atoms with Crippen molar-refractivity contribution in [1.82, 2.24) is 0 Å². The first kappa shape index (κ1) is 11.9. The molecule has 0 bridgehead atoms. The van der Waals surface area contributed by atoms with E-state index in [0.717, 1.165) is 12.0 Å². The molecule has 0 saturated heterocycles. The summed E-state index contributed by atoms with van der Waals surface area (Å²) >= 11 is 0. The summed E-state index contributed by atoms with van der Waals surface area (Å²) in [5.41, 5.74) is 1.59. The average molecular weight is 232 g/mol. The third kappa shape index (κ3) is 2.39. The van der Waals surface area contributed by atoms with Crippen molar-refractivity contribution < 1.29 is 14.3 Å². The van der Waals surface area contributed by atoms with Gasteiger partial charge in [-0.1, -0.05) is 37.3 Å². The molecule has 1 aromatic carbocycles. The van der Waals surface area contributed by atoms with Gasteiger partial charge in [-0.15, -0.1) is 0 Å². The molecule has 1 aliphatic heterocycles. The van der Waals surface area contributed by atoms with Crippen molar-refractivity contribution in [3.8, 4) is 0 Å². The Morgan fingerprint density at radius 2 is 2.06 bits per heavy atom. The Morgan fingerprint density at radius 1 is 1.35 bits per heavy atom. The lowest BCUT2D eigenvalue weighted by Crippen LogP contribution is -2.12. The minimum atomic E-state index is -0.310. The summed E-state index contributed by atoms with van der Waals surface area (Å²) in [6, 6.07) is 9.73. The number of esters is 1. The largest absolute Gasteiger partial charge is 0.466 e. The summed E-state index contributed by atoms with van der Waals surface area (Å²) in [6.45, 7) is 2.03. The topological polar surface area (TPSA) is 35.5 Å². The number of carbonyl (C=O) groups is 1. The molecule has 1 aliphatic rings. The van der Waals surface area contributed by atoms with Crippen LogP contribution in [0.25, 0.3) is 0 Å². The molecule has 0 aliphatic carbocycles. The molecule has 0 spiro atoms. The van der Waals surface area contributed by atoms with E-state index in [4.69, 9.17) is 9.47 Å².